The summed E-state index contributed by atoms with van der Waals surface area (Å²) in [5.74, 6) is 1.54. The van der Waals surface area contributed by atoms with Crippen molar-refractivity contribution in [3.63, 3.8) is 0 Å². The lowest BCUT2D eigenvalue weighted by Gasteiger charge is -1.99. The molecule has 0 aliphatic carbocycles. The van der Waals surface area contributed by atoms with Gasteiger partial charge in [-0.25, -0.2) is 4.98 Å². The molecular formula is C12H11NO3S. The molecule has 1 aromatic heterocycles. The van der Waals surface area contributed by atoms with Crippen LogP contribution in [-0.2, 0) is 6.42 Å². The first-order chi connectivity index (χ1) is 8.36. The third-order valence-corrected chi connectivity index (χ3v) is 3.45. The van der Waals surface area contributed by atoms with Crippen LogP contribution in [0.5, 0.6) is 11.5 Å². The molecule has 0 bridgehead atoms. The molecule has 0 atom stereocenters. The average molecular weight is 249 g/mol. The summed E-state index contributed by atoms with van der Waals surface area (Å²) >= 11 is 1.56. The predicted molar refractivity (Wildman–Crippen MR) is 64.5 cm³/mol. The van der Waals surface area contributed by atoms with E-state index in [4.69, 9.17) is 14.6 Å². The Morgan fingerprint density at radius 1 is 1.29 bits per heavy atom. The molecule has 0 saturated heterocycles. The first kappa shape index (κ1) is 10.6. The minimum Gasteiger partial charge on any atom is -0.454 e. The molecule has 0 radical (unpaired) electrons. The molecule has 88 valence electrons. The first-order valence-electron chi connectivity index (χ1n) is 5.32. The van der Waals surface area contributed by atoms with Gasteiger partial charge in [0.2, 0.25) is 6.79 Å². The van der Waals surface area contributed by atoms with Gasteiger partial charge in [-0.05, 0) is 18.2 Å². The molecule has 4 nitrogen and oxygen atoms in total. The van der Waals surface area contributed by atoms with E-state index in [2.05, 4.69) is 4.98 Å². The molecule has 17 heavy (non-hydrogen) atoms. The van der Waals surface area contributed by atoms with Crippen LogP contribution in [0.15, 0.2) is 23.6 Å². The fourth-order valence-electron chi connectivity index (χ4n) is 1.71. The van der Waals surface area contributed by atoms with Crippen LogP contribution in [-0.4, -0.2) is 23.5 Å². The summed E-state index contributed by atoms with van der Waals surface area (Å²) in [6.45, 7) is 0.416. The van der Waals surface area contributed by atoms with Gasteiger partial charge in [0, 0.05) is 24.0 Å². The van der Waals surface area contributed by atoms with Gasteiger partial charge in [0.15, 0.2) is 11.5 Å². The van der Waals surface area contributed by atoms with E-state index < -0.39 is 0 Å². The van der Waals surface area contributed by atoms with Crippen molar-refractivity contribution in [3.05, 3.63) is 28.6 Å². The standard InChI is InChI=1S/C12H11NO3S/c14-4-3-12-13-9(6-17-12)8-1-2-10-11(5-8)16-7-15-10/h1-2,5-6,14H,3-4,7H2. The number of aliphatic hydroxyl groups excluding tert-OH is 1. The van der Waals surface area contributed by atoms with Gasteiger partial charge >= 0.3 is 0 Å². The zero-order chi connectivity index (χ0) is 11.7. The highest BCUT2D eigenvalue weighted by atomic mass is 32.1. The largest absolute Gasteiger partial charge is 0.454 e. The zero-order valence-electron chi connectivity index (χ0n) is 9.05. The second kappa shape index (κ2) is 4.35. The second-order valence-electron chi connectivity index (χ2n) is 3.67. The van der Waals surface area contributed by atoms with Crippen molar-refractivity contribution < 1.29 is 14.6 Å². The average Bonchev–Trinajstić information content (AvgIpc) is 2.96. The summed E-state index contributed by atoms with van der Waals surface area (Å²) in [4.78, 5) is 4.46. The molecule has 3 rings (SSSR count). The Morgan fingerprint density at radius 3 is 3.06 bits per heavy atom. The lowest BCUT2D eigenvalue weighted by atomic mass is 10.1. The smallest absolute Gasteiger partial charge is 0.231 e. The fourth-order valence-corrected chi connectivity index (χ4v) is 2.51. The van der Waals surface area contributed by atoms with Gasteiger partial charge in [-0.15, -0.1) is 11.3 Å². The number of aliphatic hydroxyl groups is 1. The Labute approximate surface area is 102 Å². The molecule has 2 aromatic rings. The number of benzene rings is 1. The second-order valence-corrected chi connectivity index (χ2v) is 4.61. The monoisotopic (exact) mass is 249 g/mol. The molecule has 1 aromatic carbocycles. The third kappa shape index (κ3) is 1.99. The summed E-state index contributed by atoms with van der Waals surface area (Å²) in [5.41, 5.74) is 1.92. The van der Waals surface area contributed by atoms with Gasteiger partial charge in [-0.2, -0.15) is 0 Å². The quantitative estimate of drug-likeness (QED) is 0.904. The Balaban J connectivity index is 1.92. The minimum atomic E-state index is 0.133. The number of fused-ring (bicyclic) bond motifs is 1. The van der Waals surface area contributed by atoms with Crippen LogP contribution in [0.25, 0.3) is 11.3 Å². The van der Waals surface area contributed by atoms with E-state index in [1.54, 1.807) is 11.3 Å². The summed E-state index contributed by atoms with van der Waals surface area (Å²) in [7, 11) is 0. The van der Waals surface area contributed by atoms with Crippen LogP contribution in [0.1, 0.15) is 5.01 Å². The van der Waals surface area contributed by atoms with Gasteiger partial charge in [0.1, 0.15) is 0 Å². The van der Waals surface area contributed by atoms with Crippen LogP contribution in [0, 0.1) is 0 Å². The minimum absolute atomic E-state index is 0.133. The molecule has 2 heterocycles. The number of ether oxygens (including phenoxy) is 2. The fraction of sp³-hybridized carbons (Fsp3) is 0.250. The van der Waals surface area contributed by atoms with Crippen molar-refractivity contribution in [1.29, 1.82) is 0 Å². The zero-order valence-corrected chi connectivity index (χ0v) is 9.87. The molecular weight excluding hydrogens is 238 g/mol. The van der Waals surface area contributed by atoms with Crippen molar-refractivity contribution in [2.45, 2.75) is 6.42 Å². The summed E-state index contributed by atoms with van der Waals surface area (Å²) in [5, 5.41) is 11.8. The normalized spacial score (nSPS) is 13.0. The van der Waals surface area contributed by atoms with E-state index in [1.165, 1.54) is 0 Å². The molecule has 0 fully saturated rings. The topological polar surface area (TPSA) is 51.6 Å². The maximum atomic E-state index is 8.86. The molecule has 0 unspecified atom stereocenters. The Hall–Kier alpha value is -1.59. The lowest BCUT2D eigenvalue weighted by molar-refractivity contribution is 0.174. The molecule has 0 saturated carbocycles. The lowest BCUT2D eigenvalue weighted by Crippen LogP contribution is -1.92. The van der Waals surface area contributed by atoms with Crippen LogP contribution >= 0.6 is 11.3 Å². The van der Waals surface area contributed by atoms with E-state index in [0.717, 1.165) is 27.8 Å². The van der Waals surface area contributed by atoms with Gasteiger partial charge in [0.25, 0.3) is 0 Å². The number of nitrogens with zero attached hydrogens (tertiary/aromatic N) is 1. The van der Waals surface area contributed by atoms with Crippen LogP contribution < -0.4 is 9.47 Å². The third-order valence-electron chi connectivity index (χ3n) is 2.55. The van der Waals surface area contributed by atoms with Crippen molar-refractivity contribution in [2.24, 2.45) is 0 Å². The molecule has 0 spiro atoms. The maximum absolute atomic E-state index is 8.86. The van der Waals surface area contributed by atoms with Gasteiger partial charge in [-0.3, -0.25) is 0 Å². The first-order valence-corrected chi connectivity index (χ1v) is 6.20. The number of thiazole rings is 1. The SMILES string of the molecule is OCCc1nc(-c2ccc3c(c2)OCO3)cs1. The Morgan fingerprint density at radius 2 is 2.18 bits per heavy atom. The Kier molecular flexibility index (Phi) is 2.70. The summed E-state index contributed by atoms with van der Waals surface area (Å²) in [6, 6.07) is 5.79. The summed E-state index contributed by atoms with van der Waals surface area (Å²) < 4.78 is 10.6. The van der Waals surface area contributed by atoms with Crippen LogP contribution in [0.2, 0.25) is 0 Å². The van der Waals surface area contributed by atoms with E-state index in [1.807, 2.05) is 23.6 Å². The highest BCUT2D eigenvalue weighted by molar-refractivity contribution is 7.09. The van der Waals surface area contributed by atoms with Crippen molar-refractivity contribution in [3.8, 4) is 22.8 Å². The number of hydrogen-bond donors (Lipinski definition) is 1. The van der Waals surface area contributed by atoms with E-state index in [9.17, 15) is 0 Å². The van der Waals surface area contributed by atoms with Crippen molar-refractivity contribution in [2.75, 3.05) is 13.4 Å². The maximum Gasteiger partial charge on any atom is 0.231 e. The molecule has 5 heteroatoms. The van der Waals surface area contributed by atoms with E-state index in [0.29, 0.717) is 6.42 Å². The van der Waals surface area contributed by atoms with Gasteiger partial charge < -0.3 is 14.6 Å². The molecule has 1 aliphatic heterocycles. The molecule has 0 amide bonds. The number of hydrogen-bond acceptors (Lipinski definition) is 5. The highest BCUT2D eigenvalue weighted by Gasteiger charge is 2.14. The van der Waals surface area contributed by atoms with Gasteiger partial charge in [0.05, 0.1) is 10.7 Å². The Bertz CT molecular complexity index is 538. The van der Waals surface area contributed by atoms with Crippen molar-refractivity contribution in [1.82, 2.24) is 4.98 Å². The number of aromatic nitrogens is 1. The highest BCUT2D eigenvalue weighted by Crippen LogP contribution is 2.36. The summed E-state index contributed by atoms with van der Waals surface area (Å²) in [6.07, 6.45) is 0.606. The van der Waals surface area contributed by atoms with Gasteiger partial charge in [-0.1, -0.05) is 0 Å². The van der Waals surface area contributed by atoms with Crippen LogP contribution in [0.3, 0.4) is 0 Å². The van der Waals surface area contributed by atoms with Crippen LogP contribution in [0.4, 0.5) is 0 Å². The molecule has 1 aliphatic rings. The molecule has 1 N–H and O–H groups in total. The number of rotatable bonds is 3. The predicted octanol–water partition coefficient (Wildman–Crippen LogP) is 2.07. The van der Waals surface area contributed by atoms with E-state index in [-0.39, 0.29) is 13.4 Å². The van der Waals surface area contributed by atoms with E-state index >= 15 is 0 Å². The van der Waals surface area contributed by atoms with Crippen molar-refractivity contribution >= 4 is 11.3 Å².